The Hall–Kier alpha value is -3.07. The van der Waals surface area contributed by atoms with E-state index in [0.29, 0.717) is 22.6 Å². The number of methoxy groups -OCH3 is 1. The van der Waals surface area contributed by atoms with Gasteiger partial charge in [-0.05, 0) is 24.3 Å². The lowest BCUT2D eigenvalue weighted by Gasteiger charge is -2.31. The fraction of sp³-hybridized carbons (Fsp3) is 0.263. The molecule has 0 aromatic heterocycles. The second kappa shape index (κ2) is 6.44. The van der Waals surface area contributed by atoms with E-state index in [1.807, 2.05) is 31.1 Å². The summed E-state index contributed by atoms with van der Waals surface area (Å²) in [5, 5.41) is 17.6. The zero-order valence-corrected chi connectivity index (χ0v) is 14.2. The molecule has 6 heteroatoms. The topological polar surface area (TPSA) is 69.3 Å². The summed E-state index contributed by atoms with van der Waals surface area (Å²) in [6.45, 7) is 0. The normalized spacial score (nSPS) is 18.8. The fourth-order valence-corrected chi connectivity index (χ4v) is 3.03. The SMILES string of the molecule is COc1ccc(F)c(C2c3ccc(N(C)C)cc3OC(=N)C2C#N)c1. The van der Waals surface area contributed by atoms with Gasteiger partial charge in [-0.2, -0.15) is 5.26 Å². The number of rotatable bonds is 3. The number of nitriles is 1. The van der Waals surface area contributed by atoms with Gasteiger partial charge < -0.3 is 14.4 Å². The minimum absolute atomic E-state index is 0.182. The second-order valence-electron chi connectivity index (χ2n) is 6.05. The van der Waals surface area contributed by atoms with E-state index in [1.54, 1.807) is 12.1 Å². The Morgan fingerprint density at radius 2 is 1.96 bits per heavy atom. The zero-order chi connectivity index (χ0) is 18.1. The van der Waals surface area contributed by atoms with Crippen molar-refractivity contribution in [3.63, 3.8) is 0 Å². The minimum Gasteiger partial charge on any atom is -0.497 e. The first-order valence-electron chi connectivity index (χ1n) is 7.77. The van der Waals surface area contributed by atoms with Gasteiger partial charge in [-0.15, -0.1) is 0 Å². The maximum absolute atomic E-state index is 14.5. The Bertz CT molecular complexity index is 873. The van der Waals surface area contributed by atoms with Crippen LogP contribution in [0, 0.1) is 28.5 Å². The van der Waals surface area contributed by atoms with Crippen LogP contribution in [0.2, 0.25) is 0 Å². The third-order valence-corrected chi connectivity index (χ3v) is 4.36. The number of nitrogens with zero attached hydrogens (tertiary/aromatic N) is 2. The van der Waals surface area contributed by atoms with Crippen LogP contribution < -0.4 is 14.4 Å². The van der Waals surface area contributed by atoms with Crippen LogP contribution in [0.5, 0.6) is 11.5 Å². The molecule has 3 rings (SSSR count). The molecule has 1 aliphatic rings. The Kier molecular flexibility index (Phi) is 4.32. The van der Waals surface area contributed by atoms with E-state index in [-0.39, 0.29) is 5.90 Å². The number of fused-ring (bicyclic) bond motifs is 1. The maximum Gasteiger partial charge on any atom is 0.205 e. The molecular weight excluding hydrogens is 321 g/mol. The van der Waals surface area contributed by atoms with Gasteiger partial charge in [0, 0.05) is 42.9 Å². The molecule has 128 valence electrons. The van der Waals surface area contributed by atoms with Crippen molar-refractivity contribution in [3.05, 3.63) is 53.3 Å². The second-order valence-corrected chi connectivity index (χ2v) is 6.05. The van der Waals surface area contributed by atoms with E-state index in [4.69, 9.17) is 14.9 Å². The largest absolute Gasteiger partial charge is 0.497 e. The number of anilines is 1. The lowest BCUT2D eigenvalue weighted by molar-refractivity contribution is 0.409. The number of benzene rings is 2. The van der Waals surface area contributed by atoms with Crippen molar-refractivity contribution in [2.24, 2.45) is 5.92 Å². The Balaban J connectivity index is 2.21. The number of hydrogen-bond acceptors (Lipinski definition) is 5. The molecule has 0 amide bonds. The molecule has 2 unspecified atom stereocenters. The lowest BCUT2D eigenvalue weighted by Crippen LogP contribution is -2.31. The summed E-state index contributed by atoms with van der Waals surface area (Å²) in [6, 6.07) is 12.0. The third kappa shape index (κ3) is 2.89. The average molecular weight is 339 g/mol. The van der Waals surface area contributed by atoms with E-state index in [9.17, 15) is 9.65 Å². The highest BCUT2D eigenvalue weighted by Crippen LogP contribution is 2.44. The van der Waals surface area contributed by atoms with Gasteiger partial charge in [0.25, 0.3) is 0 Å². The third-order valence-electron chi connectivity index (χ3n) is 4.36. The van der Waals surface area contributed by atoms with Crippen LogP contribution in [0.3, 0.4) is 0 Å². The maximum atomic E-state index is 14.5. The Morgan fingerprint density at radius 1 is 1.20 bits per heavy atom. The van der Waals surface area contributed by atoms with Crippen molar-refractivity contribution in [1.82, 2.24) is 0 Å². The van der Waals surface area contributed by atoms with Crippen molar-refractivity contribution < 1.29 is 13.9 Å². The highest BCUT2D eigenvalue weighted by atomic mass is 19.1. The first kappa shape index (κ1) is 16.8. The van der Waals surface area contributed by atoms with E-state index >= 15 is 0 Å². The molecule has 0 spiro atoms. The molecule has 2 aromatic carbocycles. The summed E-state index contributed by atoms with van der Waals surface area (Å²) in [7, 11) is 5.29. The Morgan fingerprint density at radius 3 is 2.60 bits per heavy atom. The predicted octanol–water partition coefficient (Wildman–Crippen LogP) is 3.54. The van der Waals surface area contributed by atoms with Crippen molar-refractivity contribution >= 4 is 11.6 Å². The molecule has 2 aromatic rings. The molecule has 0 saturated heterocycles. The summed E-state index contributed by atoms with van der Waals surface area (Å²) < 4.78 is 25.3. The van der Waals surface area contributed by atoms with Crippen molar-refractivity contribution in [2.45, 2.75) is 5.92 Å². The minimum atomic E-state index is -0.903. The van der Waals surface area contributed by atoms with Gasteiger partial charge in [0.1, 0.15) is 23.2 Å². The van der Waals surface area contributed by atoms with Crippen LogP contribution in [0.15, 0.2) is 36.4 Å². The fourth-order valence-electron chi connectivity index (χ4n) is 3.03. The van der Waals surface area contributed by atoms with E-state index < -0.39 is 17.7 Å². The Labute approximate surface area is 145 Å². The zero-order valence-electron chi connectivity index (χ0n) is 14.2. The van der Waals surface area contributed by atoms with Crippen LogP contribution in [-0.2, 0) is 0 Å². The number of halogens is 1. The molecule has 1 aliphatic heterocycles. The molecule has 0 fully saturated rings. The molecule has 1 heterocycles. The first-order chi connectivity index (χ1) is 12.0. The van der Waals surface area contributed by atoms with Crippen LogP contribution in [0.4, 0.5) is 10.1 Å². The molecule has 0 radical (unpaired) electrons. The number of nitrogens with one attached hydrogen (secondary N) is 1. The molecule has 1 N–H and O–H groups in total. The van der Waals surface area contributed by atoms with Crippen LogP contribution in [-0.4, -0.2) is 27.1 Å². The van der Waals surface area contributed by atoms with Gasteiger partial charge in [-0.25, -0.2) is 4.39 Å². The molecule has 5 nitrogen and oxygen atoms in total. The predicted molar refractivity (Wildman–Crippen MR) is 93.0 cm³/mol. The van der Waals surface area contributed by atoms with Crippen molar-refractivity contribution in [3.8, 4) is 17.6 Å². The van der Waals surface area contributed by atoms with Gasteiger partial charge in [-0.3, -0.25) is 5.41 Å². The quantitative estimate of drug-likeness (QED) is 0.928. The highest BCUT2D eigenvalue weighted by Gasteiger charge is 2.38. The number of hydrogen-bond donors (Lipinski definition) is 1. The van der Waals surface area contributed by atoms with E-state index in [2.05, 4.69) is 6.07 Å². The van der Waals surface area contributed by atoms with Gasteiger partial charge in [0.15, 0.2) is 0 Å². The van der Waals surface area contributed by atoms with Crippen molar-refractivity contribution in [2.75, 3.05) is 26.1 Å². The van der Waals surface area contributed by atoms with Gasteiger partial charge >= 0.3 is 0 Å². The highest BCUT2D eigenvalue weighted by molar-refractivity contribution is 5.85. The summed E-state index contributed by atoms with van der Waals surface area (Å²) in [6.07, 6.45) is 0. The average Bonchev–Trinajstić information content (AvgIpc) is 2.60. The molecule has 0 aliphatic carbocycles. The van der Waals surface area contributed by atoms with E-state index in [1.165, 1.54) is 19.2 Å². The van der Waals surface area contributed by atoms with Crippen LogP contribution in [0.1, 0.15) is 17.0 Å². The summed E-state index contributed by atoms with van der Waals surface area (Å²) >= 11 is 0. The van der Waals surface area contributed by atoms with Crippen LogP contribution in [0.25, 0.3) is 0 Å². The molecule has 0 bridgehead atoms. The summed E-state index contributed by atoms with van der Waals surface area (Å²) in [5.74, 6) is -1.19. The number of ether oxygens (including phenoxy) is 2. The van der Waals surface area contributed by atoms with Crippen molar-refractivity contribution in [1.29, 1.82) is 10.7 Å². The first-order valence-corrected chi connectivity index (χ1v) is 7.77. The van der Waals surface area contributed by atoms with Crippen LogP contribution >= 0.6 is 0 Å². The van der Waals surface area contributed by atoms with Gasteiger partial charge in [-0.1, -0.05) is 6.07 Å². The molecule has 0 saturated carbocycles. The standard InChI is InChI=1S/C19H18FN3O2/c1-23(2)11-4-6-13-17(8-11)25-19(22)15(10-21)18(13)14-9-12(24-3)5-7-16(14)20/h4-9,15,18,22H,1-3H3. The molecule has 2 atom stereocenters. The smallest absolute Gasteiger partial charge is 0.205 e. The molecular formula is C19H18FN3O2. The van der Waals surface area contributed by atoms with Gasteiger partial charge in [0.05, 0.1) is 13.2 Å². The monoisotopic (exact) mass is 339 g/mol. The molecule has 25 heavy (non-hydrogen) atoms. The summed E-state index contributed by atoms with van der Waals surface area (Å²) in [4.78, 5) is 1.91. The van der Waals surface area contributed by atoms with E-state index in [0.717, 1.165) is 5.69 Å². The van der Waals surface area contributed by atoms with Gasteiger partial charge in [0.2, 0.25) is 5.90 Å². The lowest BCUT2D eigenvalue weighted by atomic mass is 9.78. The summed E-state index contributed by atoms with van der Waals surface area (Å²) in [5.41, 5.74) is 1.89.